The van der Waals surface area contributed by atoms with Gasteiger partial charge >= 0.3 is 5.69 Å². The molecule has 190 valence electrons. The van der Waals surface area contributed by atoms with Crippen LogP contribution in [0.3, 0.4) is 0 Å². The van der Waals surface area contributed by atoms with Crippen LogP contribution < -0.4 is 26.0 Å². The number of benzene rings is 2. The van der Waals surface area contributed by atoms with Crippen LogP contribution in [-0.4, -0.2) is 32.5 Å². The number of fused-ring (bicyclic) bond motifs is 1. The maximum absolute atomic E-state index is 14.9. The van der Waals surface area contributed by atoms with Crippen molar-refractivity contribution in [2.45, 2.75) is 0 Å². The van der Waals surface area contributed by atoms with Gasteiger partial charge in [0, 0.05) is 36.3 Å². The van der Waals surface area contributed by atoms with Crippen molar-refractivity contribution in [2.75, 3.05) is 12.4 Å². The molecule has 0 bridgehead atoms. The first-order chi connectivity index (χ1) is 18.3. The molecule has 0 atom stereocenters. The number of hydrogen-bond donors (Lipinski definition) is 2. The van der Waals surface area contributed by atoms with E-state index in [1.165, 1.54) is 43.6 Å². The SMILES string of the molecule is COc1ccc2nccc(Oc3ccc(NC(=O)c4c[nH]c(=O)n(-c5ccc(F)cc5)c4=O)cc3F)c2n1. The standard InChI is InChI=1S/C26H17F2N5O5/c1-37-22-9-7-19-23(32-22)21(10-11-29-19)38-20-8-4-15(12-18(20)28)31-24(34)17-13-30-26(36)33(25(17)35)16-5-2-14(27)3-6-16/h2-13H,1H3,(H,30,36)(H,31,34). The Morgan fingerprint density at radius 2 is 1.79 bits per heavy atom. The second kappa shape index (κ2) is 9.93. The maximum atomic E-state index is 14.9. The molecule has 0 saturated heterocycles. The fraction of sp³-hybridized carbons (Fsp3) is 0.0385. The number of pyridine rings is 2. The maximum Gasteiger partial charge on any atom is 0.333 e. The van der Waals surface area contributed by atoms with Gasteiger partial charge in [-0.2, -0.15) is 0 Å². The van der Waals surface area contributed by atoms with Gasteiger partial charge in [-0.15, -0.1) is 0 Å². The van der Waals surface area contributed by atoms with Crippen molar-refractivity contribution in [1.29, 1.82) is 0 Å². The lowest BCUT2D eigenvalue weighted by Gasteiger charge is -2.11. The topological polar surface area (TPSA) is 128 Å². The summed E-state index contributed by atoms with van der Waals surface area (Å²) in [5.41, 5.74) is -1.21. The predicted molar refractivity (Wildman–Crippen MR) is 133 cm³/mol. The van der Waals surface area contributed by atoms with Crippen molar-refractivity contribution in [3.05, 3.63) is 111 Å². The second-order valence-corrected chi connectivity index (χ2v) is 7.86. The number of aromatic amines is 1. The molecule has 3 aromatic heterocycles. The van der Waals surface area contributed by atoms with E-state index in [0.717, 1.165) is 24.4 Å². The molecule has 0 fully saturated rings. The minimum atomic E-state index is -0.939. The van der Waals surface area contributed by atoms with E-state index in [1.54, 1.807) is 12.1 Å². The molecular formula is C26H17F2N5O5. The highest BCUT2D eigenvalue weighted by atomic mass is 19.1. The van der Waals surface area contributed by atoms with E-state index < -0.39 is 34.4 Å². The highest BCUT2D eigenvalue weighted by molar-refractivity contribution is 6.03. The van der Waals surface area contributed by atoms with Crippen LogP contribution in [0.15, 0.2) is 82.6 Å². The molecular weight excluding hydrogens is 500 g/mol. The van der Waals surface area contributed by atoms with Crippen LogP contribution in [0.25, 0.3) is 16.7 Å². The quantitative estimate of drug-likeness (QED) is 0.351. The van der Waals surface area contributed by atoms with Gasteiger partial charge in [0.25, 0.3) is 11.5 Å². The fourth-order valence-corrected chi connectivity index (χ4v) is 3.62. The van der Waals surface area contributed by atoms with Crippen LogP contribution in [0, 0.1) is 11.6 Å². The summed E-state index contributed by atoms with van der Waals surface area (Å²) in [7, 11) is 1.46. The molecule has 1 amide bonds. The van der Waals surface area contributed by atoms with Gasteiger partial charge in [-0.1, -0.05) is 0 Å². The van der Waals surface area contributed by atoms with Crippen LogP contribution in [-0.2, 0) is 0 Å². The van der Waals surface area contributed by atoms with Gasteiger partial charge in [0.05, 0.1) is 18.3 Å². The van der Waals surface area contributed by atoms with Crippen LogP contribution in [0.1, 0.15) is 10.4 Å². The predicted octanol–water partition coefficient (Wildman–Crippen LogP) is 3.80. The summed E-state index contributed by atoms with van der Waals surface area (Å²) in [5.74, 6) is -1.85. The largest absolute Gasteiger partial charge is 0.481 e. The summed E-state index contributed by atoms with van der Waals surface area (Å²) in [5, 5.41) is 2.41. The molecule has 0 spiro atoms. The highest BCUT2D eigenvalue weighted by Crippen LogP contribution is 2.31. The molecule has 0 saturated carbocycles. The molecule has 0 aliphatic rings. The fourth-order valence-electron chi connectivity index (χ4n) is 3.62. The number of rotatable bonds is 6. The minimum Gasteiger partial charge on any atom is -0.481 e. The van der Waals surface area contributed by atoms with E-state index in [2.05, 4.69) is 20.3 Å². The van der Waals surface area contributed by atoms with Gasteiger partial charge in [0.1, 0.15) is 16.9 Å². The normalized spacial score (nSPS) is 10.8. The van der Waals surface area contributed by atoms with Gasteiger partial charge in [0.2, 0.25) is 5.88 Å². The molecule has 0 unspecified atom stereocenters. The van der Waals surface area contributed by atoms with E-state index in [4.69, 9.17) is 9.47 Å². The molecule has 12 heteroatoms. The van der Waals surface area contributed by atoms with Crippen LogP contribution >= 0.6 is 0 Å². The third kappa shape index (κ3) is 4.69. The van der Waals surface area contributed by atoms with E-state index in [1.807, 2.05) is 0 Å². The summed E-state index contributed by atoms with van der Waals surface area (Å²) < 4.78 is 39.7. The smallest absolute Gasteiger partial charge is 0.333 e. The van der Waals surface area contributed by atoms with Gasteiger partial charge in [0.15, 0.2) is 17.3 Å². The Hall–Kier alpha value is -5.39. The number of nitrogens with zero attached hydrogens (tertiary/aromatic N) is 3. The zero-order valence-corrected chi connectivity index (χ0v) is 19.6. The molecule has 0 aliphatic carbocycles. The summed E-state index contributed by atoms with van der Waals surface area (Å²) in [6, 6.07) is 13.1. The Balaban J connectivity index is 1.40. The molecule has 0 radical (unpaired) electrons. The molecule has 2 aromatic carbocycles. The molecule has 38 heavy (non-hydrogen) atoms. The highest BCUT2D eigenvalue weighted by Gasteiger charge is 2.17. The third-order valence-electron chi connectivity index (χ3n) is 5.45. The van der Waals surface area contributed by atoms with Crippen LogP contribution in [0.2, 0.25) is 0 Å². The van der Waals surface area contributed by atoms with Crippen molar-refractivity contribution in [2.24, 2.45) is 0 Å². The molecule has 5 rings (SSSR count). The van der Waals surface area contributed by atoms with E-state index in [9.17, 15) is 23.2 Å². The van der Waals surface area contributed by atoms with Crippen molar-refractivity contribution < 1.29 is 23.0 Å². The molecule has 10 nitrogen and oxygen atoms in total. The summed E-state index contributed by atoms with van der Waals surface area (Å²) in [6.07, 6.45) is 2.44. The van der Waals surface area contributed by atoms with Crippen LogP contribution in [0.5, 0.6) is 17.4 Å². The first-order valence-corrected chi connectivity index (χ1v) is 11.0. The lowest BCUT2D eigenvalue weighted by molar-refractivity contribution is 0.102. The molecule has 5 aromatic rings. The monoisotopic (exact) mass is 517 g/mol. The number of anilines is 1. The van der Waals surface area contributed by atoms with E-state index >= 15 is 0 Å². The molecule has 0 aliphatic heterocycles. The van der Waals surface area contributed by atoms with Crippen molar-refractivity contribution in [1.82, 2.24) is 19.5 Å². The number of halogens is 2. The average molecular weight is 517 g/mol. The van der Waals surface area contributed by atoms with Crippen molar-refractivity contribution >= 4 is 22.6 Å². The average Bonchev–Trinajstić information content (AvgIpc) is 2.91. The van der Waals surface area contributed by atoms with Gasteiger partial charge in [-0.25, -0.2) is 23.1 Å². The Morgan fingerprint density at radius 1 is 1.00 bits per heavy atom. The second-order valence-electron chi connectivity index (χ2n) is 7.86. The summed E-state index contributed by atoms with van der Waals surface area (Å²) >= 11 is 0. The zero-order chi connectivity index (χ0) is 26.8. The first-order valence-electron chi connectivity index (χ1n) is 11.0. The summed E-state index contributed by atoms with van der Waals surface area (Å²) in [4.78, 5) is 48.6. The Morgan fingerprint density at radius 3 is 2.53 bits per heavy atom. The number of amides is 1. The zero-order valence-electron chi connectivity index (χ0n) is 19.6. The molecule has 3 heterocycles. The van der Waals surface area contributed by atoms with Crippen molar-refractivity contribution in [3.63, 3.8) is 0 Å². The van der Waals surface area contributed by atoms with E-state index in [-0.39, 0.29) is 22.9 Å². The number of carbonyl (C=O) groups is 1. The number of methoxy groups -OCH3 is 1. The number of nitrogens with one attached hydrogen (secondary N) is 2. The number of H-pyrrole nitrogens is 1. The lowest BCUT2D eigenvalue weighted by atomic mass is 10.2. The van der Waals surface area contributed by atoms with Crippen molar-refractivity contribution in [3.8, 4) is 23.1 Å². The number of hydrogen-bond acceptors (Lipinski definition) is 7. The number of carbonyl (C=O) groups excluding carboxylic acids is 1. The third-order valence-corrected chi connectivity index (χ3v) is 5.45. The lowest BCUT2D eigenvalue weighted by Crippen LogP contribution is -2.38. The number of ether oxygens (including phenoxy) is 2. The van der Waals surface area contributed by atoms with Gasteiger partial charge in [-0.05, 0) is 42.5 Å². The molecule has 2 N–H and O–H groups in total. The minimum absolute atomic E-state index is 0.0261. The Kier molecular flexibility index (Phi) is 6.35. The number of aromatic nitrogens is 4. The van der Waals surface area contributed by atoms with Gasteiger partial charge < -0.3 is 19.8 Å². The summed E-state index contributed by atoms with van der Waals surface area (Å²) in [6.45, 7) is 0. The van der Waals surface area contributed by atoms with Gasteiger partial charge in [-0.3, -0.25) is 14.6 Å². The Labute approximate surface area is 212 Å². The van der Waals surface area contributed by atoms with Crippen LogP contribution in [0.4, 0.5) is 14.5 Å². The Bertz CT molecular complexity index is 1800. The van der Waals surface area contributed by atoms with E-state index in [0.29, 0.717) is 21.5 Å². The first kappa shape index (κ1) is 24.3.